The molecule has 1 aliphatic rings. The number of rotatable bonds is 5. The first-order valence-corrected chi connectivity index (χ1v) is 7.71. The lowest BCUT2D eigenvalue weighted by Crippen LogP contribution is -2.32. The largest absolute Gasteiger partial charge is 0.371 e. The Balaban J connectivity index is 1.93. The third-order valence-electron chi connectivity index (χ3n) is 4.03. The molecule has 2 atom stereocenters. The third kappa shape index (κ3) is 3.01. The summed E-state index contributed by atoms with van der Waals surface area (Å²) in [5.41, 5.74) is 3.90. The van der Waals surface area contributed by atoms with Gasteiger partial charge in [-0.25, -0.2) is 0 Å². The maximum atomic E-state index is 6.13. The normalized spacial score (nSPS) is 19.2. The number of hydrogen-bond acceptors (Lipinski definition) is 3. The highest BCUT2D eigenvalue weighted by molar-refractivity contribution is 5.33. The van der Waals surface area contributed by atoms with Gasteiger partial charge in [0, 0.05) is 18.8 Å². The van der Waals surface area contributed by atoms with E-state index in [1.807, 2.05) is 17.9 Å². The smallest absolute Gasteiger partial charge is 0.102 e. The maximum Gasteiger partial charge on any atom is 0.102 e. The Kier molecular flexibility index (Phi) is 4.36. The van der Waals surface area contributed by atoms with Crippen molar-refractivity contribution in [1.29, 1.82) is 0 Å². The fraction of sp³-hybridized carbons (Fsp3) is 0.471. The Morgan fingerprint density at radius 3 is 3.05 bits per heavy atom. The molecule has 1 aromatic heterocycles. The molecule has 21 heavy (non-hydrogen) atoms. The van der Waals surface area contributed by atoms with Crippen LogP contribution in [0.15, 0.2) is 36.7 Å². The number of fused-ring (bicyclic) bond motifs is 1. The van der Waals surface area contributed by atoms with Crippen LogP contribution in [0.4, 0.5) is 0 Å². The summed E-state index contributed by atoms with van der Waals surface area (Å²) in [5.74, 6) is 0. The molecule has 2 unspecified atom stereocenters. The lowest BCUT2D eigenvalue weighted by atomic mass is 9.91. The highest BCUT2D eigenvalue weighted by atomic mass is 16.5. The molecule has 0 spiro atoms. The summed E-state index contributed by atoms with van der Waals surface area (Å²) in [6, 6.07) is 8.77. The van der Waals surface area contributed by atoms with Crippen LogP contribution in [0.2, 0.25) is 0 Å². The molecular formula is C17H23N3O. The Morgan fingerprint density at radius 1 is 1.43 bits per heavy atom. The van der Waals surface area contributed by atoms with E-state index in [-0.39, 0.29) is 12.1 Å². The Bertz CT molecular complexity index is 593. The van der Waals surface area contributed by atoms with Gasteiger partial charge < -0.3 is 10.1 Å². The van der Waals surface area contributed by atoms with E-state index in [1.54, 1.807) is 0 Å². The standard InChI is InChI=1S/C17H23N3O/c1-3-9-18-16(14-11-19-20(2)12-14)17-15-7-5-4-6-13(15)8-10-21-17/h4-7,11-12,16-18H,3,8-10H2,1-2H3. The van der Waals surface area contributed by atoms with Gasteiger partial charge in [-0.15, -0.1) is 0 Å². The van der Waals surface area contributed by atoms with E-state index in [0.717, 1.165) is 26.0 Å². The number of aromatic nitrogens is 2. The number of benzene rings is 1. The zero-order valence-electron chi connectivity index (χ0n) is 12.7. The number of hydrogen-bond donors (Lipinski definition) is 1. The second-order valence-electron chi connectivity index (χ2n) is 5.62. The van der Waals surface area contributed by atoms with Crippen LogP contribution in [0.1, 0.15) is 42.2 Å². The van der Waals surface area contributed by atoms with Gasteiger partial charge in [0.05, 0.1) is 18.8 Å². The zero-order valence-corrected chi connectivity index (χ0v) is 12.7. The molecule has 1 aromatic carbocycles. The molecule has 0 bridgehead atoms. The van der Waals surface area contributed by atoms with Gasteiger partial charge in [0.1, 0.15) is 6.10 Å². The summed E-state index contributed by atoms with van der Waals surface area (Å²) in [5, 5.41) is 7.95. The van der Waals surface area contributed by atoms with E-state index in [4.69, 9.17) is 4.74 Å². The van der Waals surface area contributed by atoms with Crippen molar-refractivity contribution in [2.45, 2.75) is 31.9 Å². The molecule has 0 saturated carbocycles. The number of ether oxygens (including phenoxy) is 1. The summed E-state index contributed by atoms with van der Waals surface area (Å²) in [7, 11) is 1.95. The molecule has 2 heterocycles. The molecule has 0 saturated heterocycles. The van der Waals surface area contributed by atoms with Gasteiger partial charge >= 0.3 is 0 Å². The predicted molar refractivity (Wildman–Crippen MR) is 83.1 cm³/mol. The summed E-state index contributed by atoms with van der Waals surface area (Å²) < 4.78 is 7.98. The average molecular weight is 285 g/mol. The van der Waals surface area contributed by atoms with Gasteiger partial charge in [-0.2, -0.15) is 5.10 Å². The molecule has 112 valence electrons. The predicted octanol–water partition coefficient (Wildman–Crippen LogP) is 2.77. The summed E-state index contributed by atoms with van der Waals surface area (Å²) >= 11 is 0. The van der Waals surface area contributed by atoms with Gasteiger partial charge in [0.15, 0.2) is 0 Å². The lowest BCUT2D eigenvalue weighted by Gasteiger charge is -2.32. The lowest BCUT2D eigenvalue weighted by molar-refractivity contribution is 0.0147. The Labute approximate surface area is 126 Å². The molecule has 3 rings (SSSR count). The van der Waals surface area contributed by atoms with Gasteiger partial charge in [0.25, 0.3) is 0 Å². The van der Waals surface area contributed by atoms with Crippen LogP contribution < -0.4 is 5.32 Å². The molecule has 0 aliphatic carbocycles. The molecule has 0 fully saturated rings. The van der Waals surface area contributed by atoms with Crippen molar-refractivity contribution < 1.29 is 4.74 Å². The fourth-order valence-corrected chi connectivity index (χ4v) is 3.00. The first-order chi connectivity index (χ1) is 10.3. The minimum Gasteiger partial charge on any atom is -0.371 e. The van der Waals surface area contributed by atoms with Crippen LogP contribution in [0.5, 0.6) is 0 Å². The highest BCUT2D eigenvalue weighted by Gasteiger charge is 2.30. The van der Waals surface area contributed by atoms with Crippen molar-refractivity contribution in [3.05, 3.63) is 53.3 Å². The highest BCUT2D eigenvalue weighted by Crippen LogP contribution is 2.36. The third-order valence-corrected chi connectivity index (χ3v) is 4.03. The first kappa shape index (κ1) is 14.3. The number of nitrogens with zero attached hydrogens (tertiary/aromatic N) is 2. The molecule has 4 nitrogen and oxygen atoms in total. The van der Waals surface area contributed by atoms with E-state index in [9.17, 15) is 0 Å². The van der Waals surface area contributed by atoms with Gasteiger partial charge in [-0.1, -0.05) is 31.2 Å². The van der Waals surface area contributed by atoms with E-state index in [2.05, 4.69) is 47.8 Å². The van der Waals surface area contributed by atoms with Gasteiger partial charge in [0.2, 0.25) is 0 Å². The molecule has 2 aromatic rings. The summed E-state index contributed by atoms with van der Waals surface area (Å²) in [6.45, 7) is 3.94. The SMILES string of the molecule is CCCNC(c1cnn(C)c1)C1OCCc2ccccc21. The molecule has 1 N–H and O–H groups in total. The minimum absolute atomic E-state index is 0.0608. The molecular weight excluding hydrogens is 262 g/mol. The molecule has 4 heteroatoms. The van der Waals surface area contributed by atoms with Crippen LogP contribution in [-0.2, 0) is 18.2 Å². The monoisotopic (exact) mass is 285 g/mol. The quantitative estimate of drug-likeness (QED) is 0.918. The number of aryl methyl sites for hydroxylation is 1. The summed E-state index contributed by atoms with van der Waals surface area (Å²) in [6.07, 6.45) is 6.18. The van der Waals surface area contributed by atoms with E-state index in [0.29, 0.717) is 0 Å². The van der Waals surface area contributed by atoms with Crippen LogP contribution >= 0.6 is 0 Å². The zero-order chi connectivity index (χ0) is 14.7. The minimum atomic E-state index is 0.0608. The second-order valence-corrected chi connectivity index (χ2v) is 5.62. The van der Waals surface area contributed by atoms with Crippen LogP contribution in [-0.4, -0.2) is 22.9 Å². The maximum absolute atomic E-state index is 6.13. The average Bonchev–Trinajstić information content (AvgIpc) is 2.94. The Hall–Kier alpha value is -1.65. The topological polar surface area (TPSA) is 39.1 Å². The van der Waals surface area contributed by atoms with E-state index in [1.165, 1.54) is 16.7 Å². The van der Waals surface area contributed by atoms with Crippen molar-refractivity contribution >= 4 is 0 Å². The van der Waals surface area contributed by atoms with Gasteiger partial charge in [-0.3, -0.25) is 4.68 Å². The van der Waals surface area contributed by atoms with Crippen molar-refractivity contribution in [3.8, 4) is 0 Å². The fourth-order valence-electron chi connectivity index (χ4n) is 3.00. The van der Waals surface area contributed by atoms with Gasteiger partial charge in [-0.05, 0) is 30.5 Å². The molecule has 0 radical (unpaired) electrons. The van der Waals surface area contributed by atoms with Crippen LogP contribution in [0.3, 0.4) is 0 Å². The van der Waals surface area contributed by atoms with E-state index >= 15 is 0 Å². The first-order valence-electron chi connectivity index (χ1n) is 7.71. The van der Waals surface area contributed by atoms with Crippen LogP contribution in [0, 0.1) is 0 Å². The van der Waals surface area contributed by atoms with Crippen molar-refractivity contribution in [2.24, 2.45) is 7.05 Å². The summed E-state index contributed by atoms with van der Waals surface area (Å²) in [4.78, 5) is 0. The van der Waals surface area contributed by atoms with Crippen molar-refractivity contribution in [3.63, 3.8) is 0 Å². The Morgan fingerprint density at radius 2 is 2.29 bits per heavy atom. The van der Waals surface area contributed by atoms with E-state index < -0.39 is 0 Å². The van der Waals surface area contributed by atoms with Crippen molar-refractivity contribution in [1.82, 2.24) is 15.1 Å². The molecule has 1 aliphatic heterocycles. The van der Waals surface area contributed by atoms with Crippen LogP contribution in [0.25, 0.3) is 0 Å². The second kappa shape index (κ2) is 6.41. The number of nitrogens with one attached hydrogen (secondary N) is 1. The molecule has 0 amide bonds. The van der Waals surface area contributed by atoms with Crippen molar-refractivity contribution in [2.75, 3.05) is 13.2 Å².